The van der Waals surface area contributed by atoms with E-state index in [0.29, 0.717) is 18.7 Å². The van der Waals surface area contributed by atoms with Gasteiger partial charge >= 0.3 is 6.03 Å². The number of hydrogen-bond acceptors (Lipinski definition) is 4. The van der Waals surface area contributed by atoms with Crippen molar-refractivity contribution >= 4 is 22.0 Å². The fourth-order valence-electron chi connectivity index (χ4n) is 4.06. The molecule has 0 spiro atoms. The molecule has 30 heavy (non-hydrogen) atoms. The van der Waals surface area contributed by atoms with E-state index in [9.17, 15) is 18.0 Å². The Bertz CT molecular complexity index is 881. The van der Waals surface area contributed by atoms with Gasteiger partial charge in [-0.05, 0) is 56.7 Å². The van der Waals surface area contributed by atoms with Crippen LogP contribution >= 0.6 is 0 Å². The topological polar surface area (TPSA) is 98.8 Å². The molecule has 2 heterocycles. The van der Waals surface area contributed by atoms with Gasteiger partial charge in [0.05, 0.1) is 10.8 Å². The van der Waals surface area contributed by atoms with E-state index < -0.39 is 10.0 Å². The minimum absolute atomic E-state index is 0.0336. The lowest BCUT2D eigenvalue weighted by atomic mass is 9.97. The first-order valence-electron chi connectivity index (χ1n) is 10.7. The third-order valence-electron chi connectivity index (χ3n) is 5.79. The second kappa shape index (κ2) is 9.78. The second-order valence-electron chi connectivity index (χ2n) is 8.22. The Labute approximate surface area is 179 Å². The Balaban J connectivity index is 1.46. The summed E-state index contributed by atoms with van der Waals surface area (Å²) in [5.41, 5.74) is 1.56. The molecule has 1 aromatic carbocycles. The van der Waals surface area contributed by atoms with Gasteiger partial charge in [-0.25, -0.2) is 17.9 Å². The predicted molar refractivity (Wildman–Crippen MR) is 115 cm³/mol. The molecule has 0 bridgehead atoms. The van der Waals surface area contributed by atoms with Gasteiger partial charge in [0.2, 0.25) is 15.9 Å². The highest BCUT2D eigenvalue weighted by molar-refractivity contribution is 7.89. The van der Waals surface area contributed by atoms with Crippen LogP contribution < -0.4 is 10.0 Å². The van der Waals surface area contributed by atoms with Gasteiger partial charge in [-0.1, -0.05) is 12.1 Å². The van der Waals surface area contributed by atoms with Crippen LogP contribution in [0.1, 0.15) is 36.8 Å². The number of carbonyl (C=O) groups excluding carboxylic acids is 2. The maximum absolute atomic E-state index is 12.6. The summed E-state index contributed by atoms with van der Waals surface area (Å²) in [6.45, 7) is 6.64. The lowest BCUT2D eigenvalue weighted by Crippen LogP contribution is -2.50. The van der Waals surface area contributed by atoms with Gasteiger partial charge in [-0.2, -0.15) is 0 Å². The van der Waals surface area contributed by atoms with Crippen molar-refractivity contribution in [3.8, 4) is 0 Å². The Kier molecular flexibility index (Phi) is 7.36. The van der Waals surface area contributed by atoms with Crippen LogP contribution in [0.15, 0.2) is 23.1 Å². The first-order chi connectivity index (χ1) is 14.3. The smallest absolute Gasteiger partial charge is 0.320 e. The lowest BCUT2D eigenvalue weighted by molar-refractivity contribution is -0.126. The van der Waals surface area contributed by atoms with E-state index in [0.717, 1.165) is 44.3 Å². The fraction of sp³-hybridized carbons (Fsp3) is 0.619. The van der Waals surface area contributed by atoms with E-state index in [4.69, 9.17) is 0 Å². The number of benzene rings is 1. The normalized spacial score (nSPS) is 19.7. The zero-order valence-corrected chi connectivity index (χ0v) is 18.6. The molecule has 8 nitrogen and oxygen atoms in total. The number of rotatable bonds is 6. The SMILES string of the molecule is Cc1ccc(C)c(S(=O)(=O)NCCNC(=O)[C@H]2CCCN(C(=O)N3CCCC3)C2)c1. The van der Waals surface area contributed by atoms with Crippen LogP contribution in [-0.2, 0) is 14.8 Å². The molecule has 2 fully saturated rings. The van der Waals surface area contributed by atoms with Crippen LogP contribution in [0, 0.1) is 19.8 Å². The van der Waals surface area contributed by atoms with Crippen molar-refractivity contribution in [1.29, 1.82) is 0 Å². The molecule has 1 aromatic rings. The second-order valence-corrected chi connectivity index (χ2v) is 9.96. The van der Waals surface area contributed by atoms with Crippen LogP contribution in [0.5, 0.6) is 0 Å². The number of amides is 3. The molecule has 2 aliphatic rings. The van der Waals surface area contributed by atoms with Gasteiger partial charge in [0.15, 0.2) is 0 Å². The first kappa shape index (κ1) is 22.6. The molecule has 166 valence electrons. The molecule has 0 saturated carbocycles. The van der Waals surface area contributed by atoms with Gasteiger partial charge in [0.1, 0.15) is 0 Å². The number of piperidine rings is 1. The molecule has 2 aliphatic heterocycles. The van der Waals surface area contributed by atoms with E-state index >= 15 is 0 Å². The Hall–Kier alpha value is -2.13. The maximum atomic E-state index is 12.6. The largest absolute Gasteiger partial charge is 0.354 e. The van der Waals surface area contributed by atoms with E-state index in [1.165, 1.54) is 0 Å². The highest BCUT2D eigenvalue weighted by Gasteiger charge is 2.31. The van der Waals surface area contributed by atoms with Crippen molar-refractivity contribution in [2.75, 3.05) is 39.3 Å². The highest BCUT2D eigenvalue weighted by atomic mass is 32.2. The quantitative estimate of drug-likeness (QED) is 0.662. The van der Waals surface area contributed by atoms with E-state index in [2.05, 4.69) is 10.0 Å². The molecule has 0 unspecified atom stereocenters. The molecule has 3 amide bonds. The molecule has 9 heteroatoms. The van der Waals surface area contributed by atoms with Crippen molar-refractivity contribution in [3.05, 3.63) is 29.3 Å². The van der Waals surface area contributed by atoms with E-state index in [-0.39, 0.29) is 35.8 Å². The number of likely N-dealkylation sites (tertiary alicyclic amines) is 2. The Morgan fingerprint density at radius 2 is 1.73 bits per heavy atom. The summed E-state index contributed by atoms with van der Waals surface area (Å²) in [5, 5.41) is 2.81. The summed E-state index contributed by atoms with van der Waals surface area (Å²) < 4.78 is 27.6. The zero-order chi connectivity index (χ0) is 21.7. The molecule has 2 saturated heterocycles. The zero-order valence-electron chi connectivity index (χ0n) is 17.8. The van der Waals surface area contributed by atoms with Crippen molar-refractivity contribution in [2.45, 2.75) is 44.4 Å². The molecule has 2 N–H and O–H groups in total. The van der Waals surface area contributed by atoms with Gasteiger partial charge in [-0.3, -0.25) is 4.79 Å². The van der Waals surface area contributed by atoms with E-state index in [1.54, 1.807) is 24.0 Å². The van der Waals surface area contributed by atoms with Crippen molar-refractivity contribution in [3.63, 3.8) is 0 Å². The minimum Gasteiger partial charge on any atom is -0.354 e. The molecule has 0 aliphatic carbocycles. The predicted octanol–water partition coefficient (Wildman–Crippen LogP) is 1.63. The van der Waals surface area contributed by atoms with Crippen molar-refractivity contribution in [2.24, 2.45) is 5.92 Å². The van der Waals surface area contributed by atoms with Crippen LogP contribution in [0.25, 0.3) is 0 Å². The number of carbonyl (C=O) groups is 2. The molecule has 0 aromatic heterocycles. The number of urea groups is 1. The van der Waals surface area contributed by atoms with Gasteiger partial charge in [0.25, 0.3) is 0 Å². The summed E-state index contributed by atoms with van der Waals surface area (Å²) in [5.74, 6) is -0.374. The third kappa shape index (κ3) is 5.51. The van der Waals surface area contributed by atoms with Gasteiger partial charge in [0, 0.05) is 39.3 Å². The number of sulfonamides is 1. The summed E-state index contributed by atoms with van der Waals surface area (Å²) in [6.07, 6.45) is 3.63. The molecular weight excluding hydrogens is 404 g/mol. The van der Waals surface area contributed by atoms with Crippen molar-refractivity contribution in [1.82, 2.24) is 19.8 Å². The molecular formula is C21H32N4O4S. The fourth-order valence-corrected chi connectivity index (χ4v) is 5.42. The maximum Gasteiger partial charge on any atom is 0.320 e. The number of nitrogens with one attached hydrogen (secondary N) is 2. The van der Waals surface area contributed by atoms with Crippen LogP contribution in [-0.4, -0.2) is 69.4 Å². The summed E-state index contributed by atoms with van der Waals surface area (Å²) in [6, 6.07) is 5.33. The molecule has 0 radical (unpaired) electrons. The van der Waals surface area contributed by atoms with Crippen LogP contribution in [0.3, 0.4) is 0 Å². The number of hydrogen-bond donors (Lipinski definition) is 2. The molecule has 3 rings (SSSR count). The van der Waals surface area contributed by atoms with Crippen LogP contribution in [0.2, 0.25) is 0 Å². The molecule has 1 atom stereocenters. The van der Waals surface area contributed by atoms with Gasteiger partial charge < -0.3 is 15.1 Å². The van der Waals surface area contributed by atoms with E-state index in [1.807, 2.05) is 17.9 Å². The monoisotopic (exact) mass is 436 g/mol. The average Bonchev–Trinajstić information content (AvgIpc) is 3.27. The summed E-state index contributed by atoms with van der Waals surface area (Å²) in [7, 11) is -3.63. The average molecular weight is 437 g/mol. The lowest BCUT2D eigenvalue weighted by Gasteiger charge is -2.34. The Morgan fingerprint density at radius 1 is 1.03 bits per heavy atom. The number of aryl methyl sites for hydroxylation is 2. The number of nitrogens with zero attached hydrogens (tertiary/aromatic N) is 2. The first-order valence-corrected chi connectivity index (χ1v) is 12.1. The van der Waals surface area contributed by atoms with Crippen LogP contribution in [0.4, 0.5) is 4.79 Å². The Morgan fingerprint density at radius 3 is 2.47 bits per heavy atom. The van der Waals surface area contributed by atoms with Gasteiger partial charge in [-0.15, -0.1) is 0 Å². The highest BCUT2D eigenvalue weighted by Crippen LogP contribution is 2.20. The minimum atomic E-state index is -3.63. The summed E-state index contributed by atoms with van der Waals surface area (Å²) in [4.78, 5) is 29.0. The summed E-state index contributed by atoms with van der Waals surface area (Å²) >= 11 is 0. The standard InChI is InChI=1S/C21H32N4O4S/c1-16-7-8-17(2)19(14-16)30(28,29)23-10-9-22-20(26)18-6-5-13-25(15-18)21(27)24-11-3-4-12-24/h7-8,14,18,23H,3-6,9-13,15H2,1-2H3,(H,22,26)/t18-/m0/s1. The third-order valence-corrected chi connectivity index (χ3v) is 7.39. The van der Waals surface area contributed by atoms with Crippen molar-refractivity contribution < 1.29 is 18.0 Å².